The quantitative estimate of drug-likeness (QED) is 0.892. The van der Waals surface area contributed by atoms with Crippen molar-refractivity contribution in [3.8, 4) is 0 Å². The molecule has 0 amide bonds. The number of hydrogen-bond donors (Lipinski definition) is 1. The molecule has 1 aromatic heterocycles. The van der Waals surface area contributed by atoms with Gasteiger partial charge in [-0.3, -0.25) is 0 Å². The van der Waals surface area contributed by atoms with Crippen molar-refractivity contribution in [3.63, 3.8) is 0 Å². The van der Waals surface area contributed by atoms with E-state index in [-0.39, 0.29) is 10.9 Å². The van der Waals surface area contributed by atoms with Crippen LogP contribution in [-0.4, -0.2) is 62.9 Å². The fourth-order valence-electron chi connectivity index (χ4n) is 2.48. The van der Waals surface area contributed by atoms with Crippen LogP contribution in [0.1, 0.15) is 12.8 Å². The van der Waals surface area contributed by atoms with E-state index < -0.39 is 10.0 Å². The first-order chi connectivity index (χ1) is 9.45. The molecule has 1 unspecified atom stereocenters. The Morgan fingerprint density at radius 1 is 1.45 bits per heavy atom. The Bertz CT molecular complexity index is 544. The highest BCUT2D eigenvalue weighted by Gasteiger charge is 2.30. The van der Waals surface area contributed by atoms with Gasteiger partial charge in [0.2, 0.25) is 10.0 Å². The second-order valence-electron chi connectivity index (χ2n) is 5.21. The zero-order valence-electron chi connectivity index (χ0n) is 12.2. The van der Waals surface area contributed by atoms with E-state index in [4.69, 9.17) is 0 Å². The van der Waals surface area contributed by atoms with Gasteiger partial charge in [-0.15, -0.1) is 0 Å². The molecular weight excluding hydrogens is 276 g/mol. The Morgan fingerprint density at radius 3 is 2.75 bits per heavy atom. The van der Waals surface area contributed by atoms with E-state index in [1.165, 1.54) is 10.5 Å². The first kappa shape index (κ1) is 15.2. The number of sulfonamides is 1. The lowest BCUT2D eigenvalue weighted by Gasteiger charge is -2.35. The van der Waals surface area contributed by atoms with E-state index in [0.717, 1.165) is 25.9 Å². The van der Waals surface area contributed by atoms with Crippen LogP contribution in [0.4, 0.5) is 5.82 Å². The van der Waals surface area contributed by atoms with Crippen LogP contribution >= 0.6 is 0 Å². The predicted molar refractivity (Wildman–Crippen MR) is 79.3 cm³/mol. The highest BCUT2D eigenvalue weighted by atomic mass is 32.2. The lowest BCUT2D eigenvalue weighted by Crippen LogP contribution is -2.47. The molecule has 0 spiro atoms. The first-order valence-electron chi connectivity index (χ1n) is 6.75. The van der Waals surface area contributed by atoms with Gasteiger partial charge in [0.05, 0.1) is 0 Å². The van der Waals surface area contributed by atoms with E-state index in [9.17, 15) is 8.42 Å². The van der Waals surface area contributed by atoms with Crippen LogP contribution in [0, 0.1) is 0 Å². The third kappa shape index (κ3) is 3.11. The number of pyridine rings is 1. The molecule has 1 aliphatic heterocycles. The number of likely N-dealkylation sites (tertiary alicyclic amines) is 1. The number of nitrogens with zero attached hydrogens (tertiary/aromatic N) is 3. The second kappa shape index (κ2) is 6.07. The lowest BCUT2D eigenvalue weighted by molar-refractivity contribution is 0.187. The summed E-state index contributed by atoms with van der Waals surface area (Å²) in [6.45, 7) is 1.81. The average Bonchev–Trinajstić information content (AvgIpc) is 2.46. The van der Waals surface area contributed by atoms with Gasteiger partial charge in [0, 0.05) is 32.9 Å². The van der Waals surface area contributed by atoms with Crippen molar-refractivity contribution in [2.45, 2.75) is 23.8 Å². The van der Waals surface area contributed by atoms with Gasteiger partial charge in [-0.25, -0.2) is 13.4 Å². The molecular formula is C13H22N4O2S. The zero-order chi connectivity index (χ0) is 14.8. The summed E-state index contributed by atoms with van der Waals surface area (Å²) in [4.78, 5) is 6.49. The van der Waals surface area contributed by atoms with Crippen molar-refractivity contribution >= 4 is 15.8 Å². The molecule has 1 saturated heterocycles. The highest BCUT2D eigenvalue weighted by Crippen LogP contribution is 2.21. The monoisotopic (exact) mass is 298 g/mol. The molecule has 1 aliphatic rings. The topological polar surface area (TPSA) is 65.5 Å². The summed E-state index contributed by atoms with van der Waals surface area (Å²) in [5.41, 5.74) is 0. The third-order valence-electron chi connectivity index (χ3n) is 3.78. The molecule has 0 radical (unpaired) electrons. The molecule has 0 saturated carbocycles. The van der Waals surface area contributed by atoms with Crippen molar-refractivity contribution in [3.05, 3.63) is 18.3 Å². The van der Waals surface area contributed by atoms with Gasteiger partial charge in [0.1, 0.15) is 10.7 Å². The summed E-state index contributed by atoms with van der Waals surface area (Å²) in [6.07, 6.45) is 3.34. The van der Waals surface area contributed by atoms with Gasteiger partial charge in [-0.2, -0.15) is 4.31 Å². The summed E-state index contributed by atoms with van der Waals surface area (Å²) in [7, 11) is 1.96. The molecule has 7 heteroatoms. The van der Waals surface area contributed by atoms with Crippen LogP contribution in [0.25, 0.3) is 0 Å². The number of piperidine rings is 1. The van der Waals surface area contributed by atoms with Gasteiger partial charge < -0.3 is 10.2 Å². The number of anilines is 1. The van der Waals surface area contributed by atoms with Crippen molar-refractivity contribution in [1.82, 2.24) is 14.2 Å². The number of hydrogen-bond acceptors (Lipinski definition) is 5. The van der Waals surface area contributed by atoms with E-state index >= 15 is 0 Å². The standard InChI is InChI=1S/C13H22N4O2S/c1-14-13-7-6-12(9-15-13)20(18,19)17(3)11-5-4-8-16(2)10-11/h6-7,9,11H,4-5,8,10H2,1-3H3,(H,14,15). The maximum absolute atomic E-state index is 12.6. The largest absolute Gasteiger partial charge is 0.373 e. The average molecular weight is 298 g/mol. The van der Waals surface area contributed by atoms with Crippen LogP contribution in [0.15, 0.2) is 23.2 Å². The summed E-state index contributed by atoms with van der Waals surface area (Å²) < 4.78 is 26.7. The predicted octanol–water partition coefficient (Wildman–Crippen LogP) is 0.838. The van der Waals surface area contributed by atoms with Crippen LogP contribution in [0.2, 0.25) is 0 Å². The Kier molecular flexibility index (Phi) is 4.62. The number of aromatic nitrogens is 1. The Balaban J connectivity index is 2.19. The van der Waals surface area contributed by atoms with Crippen molar-refractivity contribution in [2.75, 3.05) is 39.5 Å². The summed E-state index contributed by atoms with van der Waals surface area (Å²) >= 11 is 0. The minimum atomic E-state index is -3.47. The molecule has 0 bridgehead atoms. The first-order valence-corrected chi connectivity index (χ1v) is 8.19. The smallest absolute Gasteiger partial charge is 0.244 e. The zero-order valence-corrected chi connectivity index (χ0v) is 13.0. The number of rotatable bonds is 4. The summed E-state index contributed by atoms with van der Waals surface area (Å²) in [6, 6.07) is 3.30. The Morgan fingerprint density at radius 2 is 2.20 bits per heavy atom. The molecule has 0 aliphatic carbocycles. The van der Waals surface area contributed by atoms with E-state index in [0.29, 0.717) is 5.82 Å². The van der Waals surface area contributed by atoms with E-state index in [2.05, 4.69) is 15.2 Å². The van der Waals surface area contributed by atoms with Gasteiger partial charge in [-0.1, -0.05) is 0 Å². The second-order valence-corrected chi connectivity index (χ2v) is 7.21. The Labute approximate surface area is 120 Å². The maximum atomic E-state index is 12.6. The molecule has 112 valence electrons. The lowest BCUT2D eigenvalue weighted by atomic mass is 10.1. The maximum Gasteiger partial charge on any atom is 0.244 e. The molecule has 2 rings (SSSR count). The van der Waals surface area contributed by atoms with Crippen molar-refractivity contribution in [2.24, 2.45) is 0 Å². The van der Waals surface area contributed by atoms with E-state index in [1.807, 2.05) is 7.05 Å². The number of nitrogens with one attached hydrogen (secondary N) is 1. The fourth-order valence-corrected chi connectivity index (χ4v) is 3.80. The van der Waals surface area contributed by atoms with Crippen LogP contribution in [-0.2, 0) is 10.0 Å². The summed E-state index contributed by atoms with van der Waals surface area (Å²) in [5, 5.41) is 2.88. The fraction of sp³-hybridized carbons (Fsp3) is 0.615. The SMILES string of the molecule is CNc1ccc(S(=O)(=O)N(C)C2CCCN(C)C2)cn1. The molecule has 6 nitrogen and oxygen atoms in total. The molecule has 1 N–H and O–H groups in total. The summed E-state index contributed by atoms with van der Waals surface area (Å²) in [5.74, 6) is 0.656. The van der Waals surface area contributed by atoms with Gasteiger partial charge in [0.15, 0.2) is 0 Å². The van der Waals surface area contributed by atoms with Crippen molar-refractivity contribution in [1.29, 1.82) is 0 Å². The normalized spacial score (nSPS) is 21.1. The van der Waals surface area contributed by atoms with Crippen LogP contribution < -0.4 is 5.32 Å². The van der Waals surface area contributed by atoms with Crippen molar-refractivity contribution < 1.29 is 8.42 Å². The molecule has 2 heterocycles. The molecule has 20 heavy (non-hydrogen) atoms. The van der Waals surface area contributed by atoms with Gasteiger partial charge >= 0.3 is 0 Å². The molecule has 1 atom stereocenters. The minimum absolute atomic E-state index is 0.0303. The van der Waals surface area contributed by atoms with Crippen LogP contribution in [0.5, 0.6) is 0 Å². The minimum Gasteiger partial charge on any atom is -0.373 e. The van der Waals surface area contributed by atoms with Gasteiger partial charge in [0.25, 0.3) is 0 Å². The van der Waals surface area contributed by atoms with Crippen LogP contribution in [0.3, 0.4) is 0 Å². The highest BCUT2D eigenvalue weighted by molar-refractivity contribution is 7.89. The van der Waals surface area contributed by atoms with E-state index in [1.54, 1.807) is 26.2 Å². The third-order valence-corrected chi connectivity index (χ3v) is 5.68. The molecule has 1 aromatic rings. The Hall–Kier alpha value is -1.18. The molecule has 0 aromatic carbocycles. The molecule has 1 fully saturated rings. The number of likely N-dealkylation sites (N-methyl/N-ethyl adjacent to an activating group) is 2. The van der Waals surface area contributed by atoms with Gasteiger partial charge in [-0.05, 0) is 38.6 Å².